The average molecular weight is 177 g/mol. The number of hydrogen-bond acceptors (Lipinski definition) is 2. The molecule has 1 rings (SSSR count). The van der Waals surface area contributed by atoms with Gasteiger partial charge in [0.2, 0.25) is 5.39 Å². The predicted molar refractivity (Wildman–Crippen MR) is 51.4 cm³/mol. The molecule has 0 aromatic heterocycles. The van der Waals surface area contributed by atoms with Gasteiger partial charge < -0.3 is 5.11 Å². The molecule has 68 valence electrons. The standard InChI is InChI=1S/C10H13N2O/c1-7-5-9(3-4-13)6-8(2)10(7)12-11/h5-6,13H,3-4H2,1-2H3/q+1. The molecule has 0 atom stereocenters. The number of hydrogen-bond donors (Lipinski definition) is 1. The highest BCUT2D eigenvalue weighted by Gasteiger charge is 2.14. The van der Waals surface area contributed by atoms with E-state index in [0.29, 0.717) is 12.1 Å². The topological polar surface area (TPSA) is 48.4 Å². The summed E-state index contributed by atoms with van der Waals surface area (Å²) in [6.45, 7) is 3.93. The average Bonchev–Trinajstić information content (AvgIpc) is 2.04. The Bertz CT molecular complexity index is 329. The molecule has 0 aliphatic heterocycles. The first kappa shape index (κ1) is 9.69. The minimum Gasteiger partial charge on any atom is -0.396 e. The van der Waals surface area contributed by atoms with Crippen molar-refractivity contribution >= 4 is 5.69 Å². The van der Waals surface area contributed by atoms with Crippen LogP contribution < -0.4 is 0 Å². The molecule has 0 saturated heterocycles. The van der Waals surface area contributed by atoms with E-state index < -0.39 is 0 Å². The van der Waals surface area contributed by atoms with E-state index in [4.69, 9.17) is 10.5 Å². The van der Waals surface area contributed by atoms with Gasteiger partial charge in [-0.2, -0.15) is 0 Å². The summed E-state index contributed by atoms with van der Waals surface area (Å²) in [6.07, 6.45) is 0.646. The highest BCUT2D eigenvalue weighted by molar-refractivity contribution is 5.58. The SMILES string of the molecule is Cc1cc(CCO)cc(C)c1[N+]#N. The number of diazo groups is 1. The van der Waals surface area contributed by atoms with Crippen molar-refractivity contribution in [2.24, 2.45) is 0 Å². The number of aryl methyl sites for hydroxylation is 2. The fourth-order valence-corrected chi connectivity index (χ4v) is 1.48. The molecule has 1 aromatic carbocycles. The zero-order chi connectivity index (χ0) is 9.84. The van der Waals surface area contributed by atoms with Crippen LogP contribution in [0.1, 0.15) is 16.7 Å². The quantitative estimate of drug-likeness (QED) is 0.705. The van der Waals surface area contributed by atoms with Gasteiger partial charge in [-0.3, -0.25) is 0 Å². The highest BCUT2D eigenvalue weighted by atomic mass is 16.2. The van der Waals surface area contributed by atoms with Crippen LogP contribution >= 0.6 is 0 Å². The van der Waals surface area contributed by atoms with Gasteiger partial charge in [0.15, 0.2) is 4.98 Å². The molecule has 13 heavy (non-hydrogen) atoms. The van der Waals surface area contributed by atoms with Crippen molar-refractivity contribution < 1.29 is 5.11 Å². The van der Waals surface area contributed by atoms with Crippen molar-refractivity contribution in [2.75, 3.05) is 6.61 Å². The van der Waals surface area contributed by atoms with Gasteiger partial charge in [0.25, 0.3) is 0 Å². The third-order valence-electron chi connectivity index (χ3n) is 2.05. The Kier molecular flexibility index (Phi) is 2.99. The summed E-state index contributed by atoms with van der Waals surface area (Å²) in [6, 6.07) is 3.86. The van der Waals surface area contributed by atoms with E-state index in [9.17, 15) is 0 Å². The van der Waals surface area contributed by atoms with E-state index >= 15 is 0 Å². The second-order valence-corrected chi connectivity index (χ2v) is 3.15. The van der Waals surface area contributed by atoms with Crippen LogP contribution in [0, 0.1) is 19.2 Å². The first-order valence-corrected chi connectivity index (χ1v) is 4.25. The summed E-state index contributed by atoms with van der Waals surface area (Å²) in [5, 5.41) is 17.5. The third kappa shape index (κ3) is 2.04. The zero-order valence-electron chi connectivity index (χ0n) is 7.91. The molecule has 0 aliphatic carbocycles. The van der Waals surface area contributed by atoms with Gasteiger partial charge in [-0.25, -0.2) is 0 Å². The maximum Gasteiger partial charge on any atom is 0.390 e. The lowest BCUT2D eigenvalue weighted by Gasteiger charge is -1.99. The van der Waals surface area contributed by atoms with Crippen LogP contribution in [0.15, 0.2) is 12.1 Å². The molecule has 0 bridgehead atoms. The van der Waals surface area contributed by atoms with Crippen LogP contribution in [0.4, 0.5) is 5.69 Å². The molecule has 0 amide bonds. The largest absolute Gasteiger partial charge is 0.396 e. The Hall–Kier alpha value is -1.40. The Morgan fingerprint density at radius 3 is 2.23 bits per heavy atom. The van der Waals surface area contributed by atoms with Crippen LogP contribution in [0.3, 0.4) is 0 Å². The van der Waals surface area contributed by atoms with Gasteiger partial charge >= 0.3 is 5.69 Å². The highest BCUT2D eigenvalue weighted by Crippen LogP contribution is 2.25. The number of aliphatic hydroxyl groups is 1. The van der Waals surface area contributed by atoms with Gasteiger partial charge in [0.1, 0.15) is 0 Å². The van der Waals surface area contributed by atoms with Crippen molar-refractivity contribution in [3.8, 4) is 0 Å². The summed E-state index contributed by atoms with van der Waals surface area (Å²) in [7, 11) is 0. The van der Waals surface area contributed by atoms with E-state index in [-0.39, 0.29) is 6.61 Å². The van der Waals surface area contributed by atoms with E-state index in [1.807, 2.05) is 26.0 Å². The van der Waals surface area contributed by atoms with Gasteiger partial charge in [-0.1, -0.05) is 0 Å². The van der Waals surface area contributed by atoms with Crippen molar-refractivity contribution in [1.29, 1.82) is 5.39 Å². The zero-order valence-corrected chi connectivity index (χ0v) is 7.91. The second-order valence-electron chi connectivity index (χ2n) is 3.15. The third-order valence-corrected chi connectivity index (χ3v) is 2.05. The Labute approximate surface area is 77.6 Å². The molecule has 3 nitrogen and oxygen atoms in total. The molecule has 0 unspecified atom stereocenters. The molecule has 1 N–H and O–H groups in total. The summed E-state index contributed by atoms with van der Waals surface area (Å²) >= 11 is 0. The molecular weight excluding hydrogens is 164 g/mol. The maximum absolute atomic E-state index is 8.76. The molecule has 0 radical (unpaired) electrons. The normalized spacial score (nSPS) is 9.69. The van der Waals surface area contributed by atoms with Gasteiger partial charge in [0.05, 0.1) is 0 Å². The van der Waals surface area contributed by atoms with E-state index in [1.54, 1.807) is 0 Å². The molecule has 0 heterocycles. The van der Waals surface area contributed by atoms with Gasteiger partial charge in [-0.15, -0.1) is 0 Å². The van der Waals surface area contributed by atoms with Crippen molar-refractivity contribution in [1.82, 2.24) is 0 Å². The molecule has 1 aromatic rings. The predicted octanol–water partition coefficient (Wildman–Crippen LogP) is 2.32. The maximum atomic E-state index is 8.76. The minimum atomic E-state index is 0.147. The number of benzene rings is 1. The van der Waals surface area contributed by atoms with Crippen LogP contribution in [-0.4, -0.2) is 11.7 Å². The van der Waals surface area contributed by atoms with Crippen molar-refractivity contribution in [3.63, 3.8) is 0 Å². The molecule has 0 aliphatic rings. The van der Waals surface area contributed by atoms with E-state index in [0.717, 1.165) is 16.7 Å². The monoisotopic (exact) mass is 177 g/mol. The summed E-state index contributed by atoms with van der Waals surface area (Å²) in [5.41, 5.74) is 3.57. The molecule has 0 spiro atoms. The van der Waals surface area contributed by atoms with Crippen LogP contribution in [0.25, 0.3) is 4.98 Å². The lowest BCUT2D eigenvalue weighted by molar-refractivity contribution is 0.299. The van der Waals surface area contributed by atoms with E-state index in [2.05, 4.69) is 4.98 Å². The number of aliphatic hydroxyl groups excluding tert-OH is 1. The molecule has 3 heteroatoms. The minimum absolute atomic E-state index is 0.147. The first-order chi connectivity index (χ1) is 6.19. The second kappa shape index (κ2) is 4.01. The molecular formula is C10H13N2O+. The molecule has 0 saturated carbocycles. The smallest absolute Gasteiger partial charge is 0.390 e. The lowest BCUT2D eigenvalue weighted by atomic mass is 10.0. The van der Waals surface area contributed by atoms with Crippen LogP contribution in [0.2, 0.25) is 0 Å². The van der Waals surface area contributed by atoms with Crippen LogP contribution in [0.5, 0.6) is 0 Å². The summed E-state index contributed by atoms with van der Waals surface area (Å²) < 4.78 is 0. The molecule has 0 fully saturated rings. The van der Waals surface area contributed by atoms with Crippen molar-refractivity contribution in [3.05, 3.63) is 33.8 Å². The Morgan fingerprint density at radius 1 is 1.31 bits per heavy atom. The van der Waals surface area contributed by atoms with Gasteiger partial charge in [-0.05, 0) is 38.0 Å². The Morgan fingerprint density at radius 2 is 1.85 bits per heavy atom. The van der Waals surface area contributed by atoms with Crippen molar-refractivity contribution in [2.45, 2.75) is 20.3 Å². The summed E-state index contributed by atoms with van der Waals surface area (Å²) in [5.74, 6) is 0. The Balaban J connectivity index is 3.14. The lowest BCUT2D eigenvalue weighted by Crippen LogP contribution is -1.92. The first-order valence-electron chi connectivity index (χ1n) is 4.25. The fraction of sp³-hybridized carbons (Fsp3) is 0.400. The fourth-order valence-electron chi connectivity index (χ4n) is 1.48. The van der Waals surface area contributed by atoms with E-state index in [1.165, 1.54) is 0 Å². The van der Waals surface area contributed by atoms with Gasteiger partial charge in [0, 0.05) is 17.7 Å². The summed E-state index contributed by atoms with van der Waals surface area (Å²) in [4.78, 5) is 3.21. The number of nitrogens with zero attached hydrogens (tertiary/aromatic N) is 2. The number of rotatable bonds is 2. The van der Waals surface area contributed by atoms with Crippen LogP contribution in [-0.2, 0) is 6.42 Å².